The first-order valence-electron chi connectivity index (χ1n) is 6.53. The summed E-state index contributed by atoms with van der Waals surface area (Å²) in [5.41, 5.74) is 1.03. The highest BCUT2D eigenvalue weighted by atomic mass is 32.1. The molecule has 0 aromatic carbocycles. The van der Waals surface area contributed by atoms with Gasteiger partial charge in [-0.25, -0.2) is 4.98 Å². The van der Waals surface area contributed by atoms with Crippen LogP contribution >= 0.6 is 23.6 Å². The van der Waals surface area contributed by atoms with Crippen LogP contribution in [0.25, 0.3) is 10.7 Å². The van der Waals surface area contributed by atoms with Gasteiger partial charge in [-0.3, -0.25) is 9.67 Å². The average Bonchev–Trinajstić information content (AvgIpc) is 2.84. The molecule has 0 spiro atoms. The number of rotatable bonds is 4. The molecule has 1 N–H and O–H groups in total. The van der Waals surface area contributed by atoms with Gasteiger partial charge in [-0.1, -0.05) is 27.7 Å². The highest BCUT2D eigenvalue weighted by molar-refractivity contribution is 7.71. The zero-order chi connectivity index (χ0) is 14.2. The SMILES string of the molecule is Cc1nc(C(C)C)sc1-c1n[nH]c(=S)n1CC(C)C. The minimum absolute atomic E-state index is 0.443. The second kappa shape index (κ2) is 5.54. The lowest BCUT2D eigenvalue weighted by molar-refractivity contribution is 0.521. The van der Waals surface area contributed by atoms with E-state index in [0.29, 0.717) is 16.6 Å². The Labute approximate surface area is 122 Å². The van der Waals surface area contributed by atoms with Gasteiger partial charge in [0.1, 0.15) is 0 Å². The summed E-state index contributed by atoms with van der Waals surface area (Å²) < 4.78 is 2.76. The van der Waals surface area contributed by atoms with E-state index in [1.807, 2.05) is 6.92 Å². The second-order valence-electron chi connectivity index (χ2n) is 5.48. The zero-order valence-electron chi connectivity index (χ0n) is 12.0. The Hall–Kier alpha value is -1.01. The Kier molecular flexibility index (Phi) is 4.20. The summed E-state index contributed by atoms with van der Waals surface area (Å²) in [6, 6.07) is 0. The summed E-state index contributed by atoms with van der Waals surface area (Å²) in [4.78, 5) is 5.76. The number of aromatic nitrogens is 4. The molecule has 0 fully saturated rings. The first-order valence-corrected chi connectivity index (χ1v) is 7.75. The molecule has 0 saturated heterocycles. The van der Waals surface area contributed by atoms with Gasteiger partial charge in [0.25, 0.3) is 0 Å². The number of H-pyrrole nitrogens is 1. The van der Waals surface area contributed by atoms with Crippen LogP contribution in [0.4, 0.5) is 0 Å². The van der Waals surface area contributed by atoms with Crippen LogP contribution in [0.5, 0.6) is 0 Å². The Morgan fingerprint density at radius 2 is 2.00 bits per heavy atom. The molecule has 6 heteroatoms. The van der Waals surface area contributed by atoms with Gasteiger partial charge in [-0.15, -0.1) is 11.3 Å². The van der Waals surface area contributed by atoms with Crippen molar-refractivity contribution in [3.63, 3.8) is 0 Å². The van der Waals surface area contributed by atoms with Crippen molar-refractivity contribution in [1.82, 2.24) is 19.7 Å². The van der Waals surface area contributed by atoms with Crippen LogP contribution in [-0.2, 0) is 6.54 Å². The third kappa shape index (κ3) is 2.95. The van der Waals surface area contributed by atoms with Crippen molar-refractivity contribution in [2.75, 3.05) is 0 Å². The molecule has 0 aliphatic carbocycles. The molecule has 0 amide bonds. The molecule has 0 aliphatic heterocycles. The maximum atomic E-state index is 5.32. The predicted molar refractivity (Wildman–Crippen MR) is 82.2 cm³/mol. The Morgan fingerprint density at radius 1 is 1.32 bits per heavy atom. The van der Waals surface area contributed by atoms with E-state index >= 15 is 0 Å². The highest BCUT2D eigenvalue weighted by Crippen LogP contribution is 2.32. The molecule has 0 atom stereocenters. The van der Waals surface area contributed by atoms with E-state index in [1.165, 1.54) is 0 Å². The number of nitrogens with zero attached hydrogens (tertiary/aromatic N) is 3. The summed E-state index contributed by atoms with van der Waals surface area (Å²) in [6.07, 6.45) is 0. The molecule has 0 aliphatic rings. The number of aryl methyl sites for hydroxylation is 1. The standard InChI is InChI=1S/C13H20N4S2/c1-7(2)6-17-11(15-16-13(17)18)10-9(5)14-12(19-10)8(3)4/h7-8H,6H2,1-5H3,(H,16,18). The zero-order valence-corrected chi connectivity index (χ0v) is 13.7. The van der Waals surface area contributed by atoms with Gasteiger partial charge in [0.05, 0.1) is 15.6 Å². The van der Waals surface area contributed by atoms with E-state index in [1.54, 1.807) is 11.3 Å². The minimum atomic E-state index is 0.443. The van der Waals surface area contributed by atoms with E-state index in [0.717, 1.165) is 27.9 Å². The van der Waals surface area contributed by atoms with Gasteiger partial charge in [0, 0.05) is 12.5 Å². The molecule has 2 rings (SSSR count). The normalized spacial score (nSPS) is 11.7. The van der Waals surface area contributed by atoms with Gasteiger partial charge in [-0.05, 0) is 25.1 Å². The number of thiazole rings is 1. The number of hydrogen-bond acceptors (Lipinski definition) is 4. The molecular formula is C13H20N4S2. The Morgan fingerprint density at radius 3 is 2.53 bits per heavy atom. The van der Waals surface area contributed by atoms with Crippen molar-refractivity contribution in [1.29, 1.82) is 0 Å². The molecule has 4 nitrogen and oxygen atoms in total. The van der Waals surface area contributed by atoms with Crippen molar-refractivity contribution in [3.05, 3.63) is 15.5 Å². The summed E-state index contributed by atoms with van der Waals surface area (Å²) in [5, 5.41) is 8.44. The fraction of sp³-hybridized carbons (Fsp3) is 0.615. The molecule has 2 aromatic rings. The van der Waals surface area contributed by atoms with Crippen molar-refractivity contribution >= 4 is 23.6 Å². The molecule has 0 radical (unpaired) electrons. The van der Waals surface area contributed by atoms with Crippen LogP contribution in [0.15, 0.2) is 0 Å². The quantitative estimate of drug-likeness (QED) is 0.862. The summed E-state index contributed by atoms with van der Waals surface area (Å²) in [5.74, 6) is 1.89. The molecule has 104 valence electrons. The van der Waals surface area contributed by atoms with Gasteiger partial charge in [0.15, 0.2) is 10.6 Å². The van der Waals surface area contributed by atoms with Crippen LogP contribution in [-0.4, -0.2) is 19.7 Å². The fourth-order valence-corrected chi connectivity index (χ4v) is 3.17. The molecule has 0 saturated carbocycles. The summed E-state index contributed by atoms with van der Waals surface area (Å²) in [6.45, 7) is 11.6. The van der Waals surface area contributed by atoms with Crippen molar-refractivity contribution in [2.24, 2.45) is 5.92 Å². The third-order valence-corrected chi connectivity index (χ3v) is 4.58. The summed E-state index contributed by atoms with van der Waals surface area (Å²) in [7, 11) is 0. The monoisotopic (exact) mass is 296 g/mol. The number of hydrogen-bond donors (Lipinski definition) is 1. The first-order chi connectivity index (χ1) is 8.90. The molecule has 2 heterocycles. The van der Waals surface area contributed by atoms with Crippen molar-refractivity contribution in [2.45, 2.75) is 47.1 Å². The van der Waals surface area contributed by atoms with Gasteiger partial charge in [-0.2, -0.15) is 5.10 Å². The van der Waals surface area contributed by atoms with Crippen LogP contribution in [0.1, 0.15) is 44.3 Å². The van der Waals surface area contributed by atoms with E-state index in [-0.39, 0.29) is 0 Å². The van der Waals surface area contributed by atoms with Crippen LogP contribution in [0.2, 0.25) is 0 Å². The van der Waals surface area contributed by atoms with Gasteiger partial charge in [0.2, 0.25) is 0 Å². The van der Waals surface area contributed by atoms with E-state index in [9.17, 15) is 0 Å². The van der Waals surface area contributed by atoms with E-state index in [4.69, 9.17) is 12.2 Å². The molecule has 19 heavy (non-hydrogen) atoms. The molecule has 0 unspecified atom stereocenters. The molecule has 0 bridgehead atoms. The Balaban J connectivity index is 2.50. The largest absolute Gasteiger partial charge is 0.299 e. The van der Waals surface area contributed by atoms with Crippen molar-refractivity contribution < 1.29 is 0 Å². The fourth-order valence-electron chi connectivity index (χ4n) is 1.90. The lowest BCUT2D eigenvalue weighted by Gasteiger charge is -2.08. The van der Waals surface area contributed by atoms with E-state index < -0.39 is 0 Å². The predicted octanol–water partition coefficient (Wildman–Crippen LogP) is 4.15. The Bertz CT molecular complexity index is 619. The topological polar surface area (TPSA) is 46.5 Å². The van der Waals surface area contributed by atoms with Gasteiger partial charge < -0.3 is 0 Å². The molecule has 2 aromatic heterocycles. The second-order valence-corrected chi connectivity index (χ2v) is 6.90. The first kappa shape index (κ1) is 14.4. The lowest BCUT2D eigenvalue weighted by Crippen LogP contribution is -2.06. The van der Waals surface area contributed by atoms with Crippen LogP contribution < -0.4 is 0 Å². The maximum Gasteiger partial charge on any atom is 0.195 e. The average molecular weight is 296 g/mol. The maximum absolute atomic E-state index is 5.32. The minimum Gasteiger partial charge on any atom is -0.299 e. The van der Waals surface area contributed by atoms with Crippen LogP contribution in [0, 0.1) is 17.6 Å². The van der Waals surface area contributed by atoms with Gasteiger partial charge >= 0.3 is 0 Å². The number of aromatic amines is 1. The lowest BCUT2D eigenvalue weighted by atomic mass is 10.2. The highest BCUT2D eigenvalue weighted by Gasteiger charge is 2.17. The third-order valence-electron chi connectivity index (χ3n) is 2.82. The smallest absolute Gasteiger partial charge is 0.195 e. The number of nitrogens with one attached hydrogen (secondary N) is 1. The summed E-state index contributed by atoms with van der Waals surface area (Å²) >= 11 is 7.04. The van der Waals surface area contributed by atoms with Crippen molar-refractivity contribution in [3.8, 4) is 10.7 Å². The van der Waals surface area contributed by atoms with Crippen LogP contribution in [0.3, 0.4) is 0 Å². The van der Waals surface area contributed by atoms with E-state index in [2.05, 4.69) is 47.4 Å². The molecular weight excluding hydrogens is 276 g/mol.